The Bertz CT molecular complexity index is 512. The predicted octanol–water partition coefficient (Wildman–Crippen LogP) is 1.77. The normalized spacial score (nSPS) is 10.2. The number of aromatic nitrogens is 1. The van der Waals surface area contributed by atoms with Gasteiger partial charge in [0.1, 0.15) is 0 Å². The van der Waals surface area contributed by atoms with E-state index in [0.717, 1.165) is 0 Å². The summed E-state index contributed by atoms with van der Waals surface area (Å²) in [6.45, 7) is 0.991. The minimum absolute atomic E-state index is 0.106. The van der Waals surface area contributed by atoms with E-state index in [2.05, 4.69) is 25.7 Å². The van der Waals surface area contributed by atoms with Gasteiger partial charge in [-0.05, 0) is 15.9 Å². The van der Waals surface area contributed by atoms with E-state index in [1.54, 1.807) is 4.90 Å². The quantitative estimate of drug-likeness (QED) is 0.395. The van der Waals surface area contributed by atoms with Gasteiger partial charge in [0.25, 0.3) is 0 Å². The molecule has 0 aliphatic rings. The first-order valence-corrected chi connectivity index (χ1v) is 6.89. The van der Waals surface area contributed by atoms with Crippen molar-refractivity contribution in [3.63, 3.8) is 0 Å². The molecule has 0 bridgehead atoms. The van der Waals surface area contributed by atoms with Gasteiger partial charge in [-0.1, -0.05) is 0 Å². The molecule has 0 atom stereocenters. The summed E-state index contributed by atoms with van der Waals surface area (Å²) >= 11 is 3.16. The van der Waals surface area contributed by atoms with Crippen LogP contribution >= 0.6 is 15.9 Å². The van der Waals surface area contributed by atoms with Gasteiger partial charge in [0, 0.05) is 36.9 Å². The smallest absolute Gasteiger partial charge is 0.312 e. The Morgan fingerprint density at radius 3 is 2.76 bits per heavy atom. The molecule has 0 fully saturated rings. The Kier molecular flexibility index (Phi) is 7.03. The molecule has 0 radical (unpaired) electrons. The number of carbonyl (C=O) groups excluding carboxylic acids is 1. The van der Waals surface area contributed by atoms with E-state index in [-0.39, 0.29) is 24.5 Å². The third-order valence-corrected chi connectivity index (χ3v) is 3.12. The van der Waals surface area contributed by atoms with Crippen molar-refractivity contribution < 1.29 is 19.2 Å². The van der Waals surface area contributed by atoms with Gasteiger partial charge in [-0.2, -0.15) is 0 Å². The second-order valence-electron chi connectivity index (χ2n) is 4.06. The highest BCUT2D eigenvalue weighted by Gasteiger charge is 2.22. The summed E-state index contributed by atoms with van der Waals surface area (Å²) < 4.78 is 10.1. The highest BCUT2D eigenvalue weighted by atomic mass is 79.9. The monoisotopic (exact) mass is 361 g/mol. The van der Waals surface area contributed by atoms with Gasteiger partial charge in [0.05, 0.1) is 25.1 Å². The number of halogens is 1. The summed E-state index contributed by atoms with van der Waals surface area (Å²) in [4.78, 5) is 27.6. The summed E-state index contributed by atoms with van der Waals surface area (Å²) in [5, 5.41) is 11.1. The minimum atomic E-state index is -0.509. The minimum Gasteiger partial charge on any atom is -0.469 e. The molecule has 9 heteroatoms. The number of hydrogen-bond acceptors (Lipinski definition) is 7. The van der Waals surface area contributed by atoms with E-state index in [9.17, 15) is 14.9 Å². The molecule has 1 aromatic heterocycles. The number of methoxy groups -OCH3 is 2. The van der Waals surface area contributed by atoms with E-state index < -0.39 is 10.9 Å². The topological polar surface area (TPSA) is 94.8 Å². The lowest BCUT2D eigenvalue weighted by molar-refractivity contribution is -0.384. The molecule has 116 valence electrons. The number of pyridine rings is 1. The number of nitro groups is 1. The standard InChI is InChI=1S/C12H16BrN3O5/c1-20-6-5-15(4-3-11(17)21-2)12-10(16(18)19)7-9(13)8-14-12/h7-8H,3-6H2,1-2H3. The van der Waals surface area contributed by atoms with Crippen LogP contribution < -0.4 is 4.90 Å². The Morgan fingerprint density at radius 1 is 1.48 bits per heavy atom. The number of rotatable bonds is 8. The second-order valence-corrected chi connectivity index (χ2v) is 4.98. The first-order chi connectivity index (χ1) is 9.99. The van der Waals surface area contributed by atoms with Crippen LogP contribution in [-0.4, -0.2) is 49.8 Å². The third-order valence-electron chi connectivity index (χ3n) is 2.69. The molecule has 0 aliphatic carbocycles. The maximum Gasteiger partial charge on any atom is 0.312 e. The van der Waals surface area contributed by atoms with Crippen molar-refractivity contribution >= 4 is 33.4 Å². The number of hydrogen-bond donors (Lipinski definition) is 0. The van der Waals surface area contributed by atoms with Crippen LogP contribution in [0.15, 0.2) is 16.7 Å². The molecule has 0 aliphatic heterocycles. The lowest BCUT2D eigenvalue weighted by atomic mass is 10.3. The molecule has 0 N–H and O–H groups in total. The summed E-state index contributed by atoms with van der Waals surface area (Å²) in [6.07, 6.45) is 1.58. The molecule has 1 heterocycles. The van der Waals surface area contributed by atoms with Gasteiger partial charge in [0.2, 0.25) is 5.82 Å². The number of ether oxygens (including phenoxy) is 2. The first-order valence-electron chi connectivity index (χ1n) is 6.10. The number of anilines is 1. The van der Waals surface area contributed by atoms with Gasteiger partial charge in [0.15, 0.2) is 0 Å². The molecule has 0 spiro atoms. The Balaban J connectivity index is 3.01. The van der Waals surface area contributed by atoms with Gasteiger partial charge in [-0.3, -0.25) is 14.9 Å². The zero-order valence-electron chi connectivity index (χ0n) is 11.7. The largest absolute Gasteiger partial charge is 0.469 e. The van der Waals surface area contributed by atoms with Gasteiger partial charge in [-0.25, -0.2) is 4.98 Å². The van der Waals surface area contributed by atoms with Gasteiger partial charge >= 0.3 is 11.7 Å². The third kappa shape index (κ3) is 5.27. The Morgan fingerprint density at radius 2 is 2.19 bits per heavy atom. The van der Waals surface area contributed by atoms with Crippen LogP contribution in [0.1, 0.15) is 6.42 Å². The highest BCUT2D eigenvalue weighted by molar-refractivity contribution is 9.10. The van der Waals surface area contributed by atoms with Crippen LogP contribution in [0.5, 0.6) is 0 Å². The second kappa shape index (κ2) is 8.53. The average molecular weight is 362 g/mol. The van der Waals surface area contributed by atoms with Crippen molar-refractivity contribution in [2.75, 3.05) is 38.8 Å². The van der Waals surface area contributed by atoms with E-state index in [4.69, 9.17) is 4.74 Å². The zero-order chi connectivity index (χ0) is 15.8. The Labute approximate surface area is 130 Å². The van der Waals surface area contributed by atoms with Crippen LogP contribution in [0.4, 0.5) is 11.5 Å². The molecule has 8 nitrogen and oxygen atoms in total. The van der Waals surface area contributed by atoms with Crippen molar-refractivity contribution in [3.8, 4) is 0 Å². The van der Waals surface area contributed by atoms with Crippen molar-refractivity contribution in [2.45, 2.75) is 6.42 Å². The molecule has 21 heavy (non-hydrogen) atoms. The van der Waals surface area contributed by atoms with E-state index in [0.29, 0.717) is 17.6 Å². The fourth-order valence-electron chi connectivity index (χ4n) is 1.65. The van der Waals surface area contributed by atoms with Crippen molar-refractivity contribution in [1.29, 1.82) is 0 Å². The molecular weight excluding hydrogens is 346 g/mol. The van der Waals surface area contributed by atoms with Crippen molar-refractivity contribution in [1.82, 2.24) is 4.98 Å². The number of carbonyl (C=O) groups is 1. The van der Waals surface area contributed by atoms with E-state index >= 15 is 0 Å². The predicted molar refractivity (Wildman–Crippen MR) is 79.3 cm³/mol. The summed E-state index contributed by atoms with van der Waals surface area (Å²) in [5.41, 5.74) is -0.134. The molecular formula is C12H16BrN3O5. The molecule has 1 aromatic rings. The molecule has 0 saturated heterocycles. The summed E-state index contributed by atoms with van der Waals surface area (Å²) in [7, 11) is 2.82. The summed E-state index contributed by atoms with van der Waals surface area (Å²) in [5.74, 6) is -0.193. The maximum absolute atomic E-state index is 11.3. The van der Waals surface area contributed by atoms with Crippen LogP contribution in [0.2, 0.25) is 0 Å². The maximum atomic E-state index is 11.3. The molecule has 0 saturated carbocycles. The van der Waals surface area contributed by atoms with Gasteiger partial charge in [-0.15, -0.1) is 0 Å². The lowest BCUT2D eigenvalue weighted by Crippen LogP contribution is -2.31. The molecule has 0 unspecified atom stereocenters. The average Bonchev–Trinajstić information content (AvgIpc) is 2.47. The van der Waals surface area contributed by atoms with Crippen LogP contribution in [0.3, 0.4) is 0 Å². The molecule has 1 rings (SSSR count). The first kappa shape index (κ1) is 17.3. The lowest BCUT2D eigenvalue weighted by Gasteiger charge is -2.22. The zero-order valence-corrected chi connectivity index (χ0v) is 13.3. The SMILES string of the molecule is COCCN(CCC(=O)OC)c1ncc(Br)cc1[N+](=O)[O-]. The van der Waals surface area contributed by atoms with Gasteiger partial charge < -0.3 is 14.4 Å². The van der Waals surface area contributed by atoms with Crippen LogP contribution in [0, 0.1) is 10.1 Å². The highest BCUT2D eigenvalue weighted by Crippen LogP contribution is 2.28. The van der Waals surface area contributed by atoms with Crippen molar-refractivity contribution in [2.24, 2.45) is 0 Å². The van der Waals surface area contributed by atoms with Crippen LogP contribution in [-0.2, 0) is 14.3 Å². The van der Waals surface area contributed by atoms with E-state index in [1.165, 1.54) is 26.5 Å². The fraction of sp³-hybridized carbons (Fsp3) is 0.500. The number of esters is 1. The fourth-order valence-corrected chi connectivity index (χ4v) is 1.97. The van der Waals surface area contributed by atoms with Crippen molar-refractivity contribution in [3.05, 3.63) is 26.9 Å². The Hall–Kier alpha value is -1.74. The van der Waals surface area contributed by atoms with Crippen LogP contribution in [0.25, 0.3) is 0 Å². The van der Waals surface area contributed by atoms with E-state index in [1.807, 2.05) is 0 Å². The molecule has 0 amide bonds. The molecule has 0 aromatic carbocycles. The summed E-state index contributed by atoms with van der Waals surface area (Å²) in [6, 6.07) is 1.38. The number of nitrogens with zero attached hydrogens (tertiary/aromatic N) is 3.